The Bertz CT molecular complexity index is 913. The van der Waals surface area contributed by atoms with Crippen LogP contribution in [0, 0.1) is 6.92 Å². The first-order chi connectivity index (χ1) is 11.1. The van der Waals surface area contributed by atoms with Crippen LogP contribution in [0.4, 0.5) is 5.69 Å². The predicted molar refractivity (Wildman–Crippen MR) is 96.4 cm³/mol. The Morgan fingerprint density at radius 3 is 2.87 bits per heavy atom. The number of hydrogen-bond donors (Lipinski definition) is 1. The highest BCUT2D eigenvalue weighted by Gasteiger charge is 2.24. The van der Waals surface area contributed by atoms with Crippen LogP contribution in [0.3, 0.4) is 0 Å². The average Bonchev–Trinajstić information content (AvgIpc) is 2.90. The summed E-state index contributed by atoms with van der Waals surface area (Å²) in [4.78, 5) is 14.1. The number of carbonyl (C=O) groups excluding carboxylic acids is 1. The Morgan fingerprint density at radius 1 is 1.22 bits per heavy atom. The quantitative estimate of drug-likeness (QED) is 0.742. The number of aromatic nitrogens is 1. The summed E-state index contributed by atoms with van der Waals surface area (Å²) in [5, 5.41) is 4.65. The van der Waals surface area contributed by atoms with Crippen molar-refractivity contribution in [3.63, 3.8) is 0 Å². The maximum atomic E-state index is 12.8. The van der Waals surface area contributed by atoms with Crippen molar-refractivity contribution < 1.29 is 4.79 Å². The van der Waals surface area contributed by atoms with E-state index in [1.165, 1.54) is 10.4 Å². The second kappa shape index (κ2) is 5.46. The molecule has 1 aliphatic heterocycles. The van der Waals surface area contributed by atoms with E-state index >= 15 is 0 Å². The van der Waals surface area contributed by atoms with E-state index in [1.54, 1.807) is 0 Å². The minimum atomic E-state index is -0.0412. The van der Waals surface area contributed by atoms with E-state index in [1.807, 2.05) is 49.0 Å². The van der Waals surface area contributed by atoms with Crippen LogP contribution in [0.2, 0.25) is 0 Å². The lowest BCUT2D eigenvalue weighted by Crippen LogP contribution is -2.22. The second-order valence-corrected chi connectivity index (χ2v) is 7.51. The highest BCUT2D eigenvalue weighted by atomic mass is 32.2. The third-order valence-corrected chi connectivity index (χ3v) is 5.41. The molecule has 2 heterocycles. The van der Waals surface area contributed by atoms with Crippen LogP contribution in [0.15, 0.2) is 53.4 Å². The van der Waals surface area contributed by atoms with Crippen LogP contribution in [-0.2, 0) is 6.54 Å². The van der Waals surface area contributed by atoms with Gasteiger partial charge < -0.3 is 9.88 Å². The molecule has 0 unspecified atom stereocenters. The molecular weight excluding hydrogens is 304 g/mol. The molecule has 3 nitrogen and oxygen atoms in total. The van der Waals surface area contributed by atoms with E-state index in [4.69, 9.17) is 0 Å². The molecule has 1 N–H and O–H groups in total. The fourth-order valence-corrected chi connectivity index (χ4v) is 4.33. The fourth-order valence-electron chi connectivity index (χ4n) is 3.17. The summed E-state index contributed by atoms with van der Waals surface area (Å²) in [5.41, 5.74) is 3.86. The molecular formula is C19H18N2OS. The number of thioether (sulfide) groups is 1. The average molecular weight is 322 g/mol. The van der Waals surface area contributed by atoms with Gasteiger partial charge >= 0.3 is 0 Å². The van der Waals surface area contributed by atoms with Crippen molar-refractivity contribution in [3.05, 3.63) is 59.8 Å². The van der Waals surface area contributed by atoms with E-state index in [9.17, 15) is 4.79 Å². The molecule has 1 amide bonds. The van der Waals surface area contributed by atoms with E-state index < -0.39 is 0 Å². The summed E-state index contributed by atoms with van der Waals surface area (Å²) in [6, 6.07) is 16.2. The lowest BCUT2D eigenvalue weighted by atomic mass is 10.2. The SMILES string of the molecule is Cc1ccccc1NC(=O)c1cc2cccc3c2n1C[C@@H](C)S3. The highest BCUT2D eigenvalue weighted by molar-refractivity contribution is 8.00. The summed E-state index contributed by atoms with van der Waals surface area (Å²) in [6.07, 6.45) is 0. The van der Waals surface area contributed by atoms with Gasteiger partial charge in [0.1, 0.15) is 5.69 Å². The molecule has 0 fully saturated rings. The van der Waals surface area contributed by atoms with Crippen molar-refractivity contribution in [2.45, 2.75) is 30.5 Å². The first kappa shape index (κ1) is 14.4. The van der Waals surface area contributed by atoms with Gasteiger partial charge in [0, 0.05) is 27.8 Å². The van der Waals surface area contributed by atoms with Gasteiger partial charge in [-0.1, -0.05) is 37.3 Å². The minimum absolute atomic E-state index is 0.0412. The maximum absolute atomic E-state index is 12.8. The first-order valence-electron chi connectivity index (χ1n) is 7.79. The third kappa shape index (κ3) is 2.43. The molecule has 2 aromatic carbocycles. The van der Waals surface area contributed by atoms with Crippen molar-refractivity contribution >= 4 is 34.3 Å². The number of carbonyl (C=O) groups is 1. The molecule has 4 rings (SSSR count). The van der Waals surface area contributed by atoms with Gasteiger partial charge in [0.15, 0.2) is 0 Å². The molecule has 3 aromatic rings. The molecule has 0 saturated heterocycles. The molecule has 116 valence electrons. The van der Waals surface area contributed by atoms with Gasteiger partial charge in [-0.2, -0.15) is 0 Å². The highest BCUT2D eigenvalue weighted by Crippen LogP contribution is 2.38. The van der Waals surface area contributed by atoms with Crippen molar-refractivity contribution in [2.24, 2.45) is 0 Å². The zero-order valence-electron chi connectivity index (χ0n) is 13.2. The van der Waals surface area contributed by atoms with Crippen LogP contribution >= 0.6 is 11.8 Å². The normalized spacial score (nSPS) is 16.5. The van der Waals surface area contributed by atoms with Crippen molar-refractivity contribution in [1.82, 2.24) is 4.57 Å². The van der Waals surface area contributed by atoms with Crippen LogP contribution in [-0.4, -0.2) is 15.7 Å². The molecule has 4 heteroatoms. The monoisotopic (exact) mass is 322 g/mol. The van der Waals surface area contributed by atoms with Gasteiger partial charge in [0.05, 0.1) is 5.52 Å². The molecule has 0 saturated carbocycles. The zero-order chi connectivity index (χ0) is 16.0. The Morgan fingerprint density at radius 2 is 2.04 bits per heavy atom. The number of hydrogen-bond acceptors (Lipinski definition) is 2. The van der Waals surface area contributed by atoms with E-state index in [-0.39, 0.29) is 5.91 Å². The number of aryl methyl sites for hydroxylation is 1. The van der Waals surface area contributed by atoms with Gasteiger partial charge in [-0.05, 0) is 30.7 Å². The molecule has 23 heavy (non-hydrogen) atoms. The topological polar surface area (TPSA) is 34.0 Å². The van der Waals surface area contributed by atoms with Crippen LogP contribution in [0.1, 0.15) is 23.0 Å². The van der Waals surface area contributed by atoms with E-state index in [2.05, 4.69) is 35.0 Å². The van der Waals surface area contributed by atoms with Crippen LogP contribution in [0.25, 0.3) is 10.9 Å². The van der Waals surface area contributed by atoms with Gasteiger partial charge in [-0.15, -0.1) is 11.8 Å². The number of rotatable bonds is 2. The first-order valence-corrected chi connectivity index (χ1v) is 8.67. The summed E-state index contributed by atoms with van der Waals surface area (Å²) in [7, 11) is 0. The van der Waals surface area contributed by atoms with Crippen molar-refractivity contribution in [2.75, 3.05) is 5.32 Å². The summed E-state index contributed by atoms with van der Waals surface area (Å²) in [6.45, 7) is 5.07. The smallest absolute Gasteiger partial charge is 0.272 e. The van der Waals surface area contributed by atoms with Gasteiger partial charge in [0.25, 0.3) is 5.91 Å². The Balaban J connectivity index is 1.78. The van der Waals surface area contributed by atoms with Crippen molar-refractivity contribution in [1.29, 1.82) is 0 Å². The number of para-hydroxylation sites is 2. The Kier molecular flexibility index (Phi) is 3.42. The number of benzene rings is 2. The molecule has 1 atom stereocenters. The number of amides is 1. The molecule has 0 bridgehead atoms. The molecule has 0 aliphatic carbocycles. The zero-order valence-corrected chi connectivity index (χ0v) is 14.0. The number of nitrogens with one attached hydrogen (secondary N) is 1. The fraction of sp³-hybridized carbons (Fsp3) is 0.211. The minimum Gasteiger partial charge on any atom is -0.334 e. The lowest BCUT2D eigenvalue weighted by molar-refractivity contribution is 0.101. The van der Waals surface area contributed by atoms with E-state index in [0.717, 1.165) is 28.9 Å². The largest absolute Gasteiger partial charge is 0.334 e. The molecule has 1 aliphatic rings. The standard InChI is InChI=1S/C19H18N2OS/c1-12-6-3-4-8-15(12)20-19(22)16-10-14-7-5-9-17-18(14)21(16)11-13(2)23-17/h3-10,13H,11H2,1-2H3,(H,20,22)/t13-/m1/s1. The van der Waals surface area contributed by atoms with Gasteiger partial charge in [-0.3, -0.25) is 4.79 Å². The van der Waals surface area contributed by atoms with Crippen LogP contribution < -0.4 is 5.32 Å². The Hall–Kier alpha value is -2.20. The molecule has 1 aromatic heterocycles. The van der Waals surface area contributed by atoms with Crippen LogP contribution in [0.5, 0.6) is 0 Å². The lowest BCUT2D eigenvalue weighted by Gasteiger charge is -2.22. The van der Waals surface area contributed by atoms with Gasteiger partial charge in [-0.25, -0.2) is 0 Å². The maximum Gasteiger partial charge on any atom is 0.272 e. The van der Waals surface area contributed by atoms with E-state index in [0.29, 0.717) is 5.25 Å². The van der Waals surface area contributed by atoms with Gasteiger partial charge in [0.2, 0.25) is 0 Å². The number of anilines is 1. The number of nitrogens with zero attached hydrogens (tertiary/aromatic N) is 1. The third-order valence-electron chi connectivity index (χ3n) is 4.28. The summed E-state index contributed by atoms with van der Waals surface area (Å²) < 4.78 is 2.17. The second-order valence-electron chi connectivity index (χ2n) is 6.03. The summed E-state index contributed by atoms with van der Waals surface area (Å²) in [5.74, 6) is -0.0412. The Labute approximate surface area is 139 Å². The predicted octanol–water partition coefficient (Wildman–Crippen LogP) is 4.70. The molecule has 0 spiro atoms. The molecule has 0 radical (unpaired) electrons. The summed E-state index contributed by atoms with van der Waals surface area (Å²) >= 11 is 1.88. The van der Waals surface area contributed by atoms with Crippen molar-refractivity contribution in [3.8, 4) is 0 Å².